The lowest BCUT2D eigenvalue weighted by Crippen LogP contribution is -2.25. The number of para-hydroxylation sites is 2. The van der Waals surface area contributed by atoms with Crippen LogP contribution in [-0.2, 0) is 0 Å². The molecular weight excluding hydrogens is 248 g/mol. The van der Waals surface area contributed by atoms with E-state index in [1.54, 1.807) is 0 Å². The van der Waals surface area contributed by atoms with Gasteiger partial charge in [0.05, 0.1) is 5.52 Å². The number of benzene rings is 2. The lowest BCUT2D eigenvalue weighted by Gasteiger charge is -2.10. The molecule has 0 saturated heterocycles. The quantitative estimate of drug-likeness (QED) is 0.773. The van der Waals surface area contributed by atoms with E-state index in [0.717, 1.165) is 16.6 Å². The van der Waals surface area contributed by atoms with Crippen LogP contribution in [0.4, 0.5) is 0 Å². The Labute approximate surface area is 117 Å². The number of carbonyl (C=O) groups is 1. The molecule has 3 nitrogen and oxygen atoms in total. The average molecular weight is 264 g/mol. The molecule has 0 aliphatic rings. The third kappa shape index (κ3) is 2.07. The van der Waals surface area contributed by atoms with Crippen LogP contribution in [0.3, 0.4) is 0 Å². The van der Waals surface area contributed by atoms with Crippen molar-refractivity contribution >= 4 is 16.8 Å². The highest BCUT2D eigenvalue weighted by Crippen LogP contribution is 2.24. The Morgan fingerprint density at radius 2 is 1.75 bits per heavy atom. The van der Waals surface area contributed by atoms with Crippen molar-refractivity contribution in [2.24, 2.45) is 0 Å². The van der Waals surface area contributed by atoms with E-state index in [0.29, 0.717) is 12.2 Å². The molecule has 0 fully saturated rings. The minimum Gasteiger partial charge on any atom is -0.351 e. The Morgan fingerprint density at radius 1 is 1.05 bits per heavy atom. The maximum atomic E-state index is 12.3. The molecule has 20 heavy (non-hydrogen) atoms. The van der Waals surface area contributed by atoms with E-state index in [1.165, 1.54) is 0 Å². The van der Waals surface area contributed by atoms with Gasteiger partial charge in [-0.25, -0.2) is 0 Å². The molecule has 0 saturated carbocycles. The van der Waals surface area contributed by atoms with E-state index in [2.05, 4.69) is 5.32 Å². The van der Waals surface area contributed by atoms with E-state index < -0.39 is 0 Å². The number of amides is 1. The molecule has 2 aromatic carbocycles. The Hall–Kier alpha value is -2.55. The Morgan fingerprint density at radius 3 is 2.50 bits per heavy atom. The van der Waals surface area contributed by atoms with Gasteiger partial charge < -0.3 is 9.88 Å². The van der Waals surface area contributed by atoms with Crippen molar-refractivity contribution in [3.63, 3.8) is 0 Å². The van der Waals surface area contributed by atoms with Crippen LogP contribution in [0.2, 0.25) is 0 Å². The van der Waals surface area contributed by atoms with Gasteiger partial charge in [-0.2, -0.15) is 0 Å². The second-order valence-electron chi connectivity index (χ2n) is 4.62. The predicted molar refractivity (Wildman–Crippen MR) is 81.3 cm³/mol. The summed E-state index contributed by atoms with van der Waals surface area (Å²) in [5.74, 6) is -0.0486. The Bertz CT molecular complexity index is 744. The highest BCUT2D eigenvalue weighted by molar-refractivity contribution is 5.99. The fourth-order valence-electron chi connectivity index (χ4n) is 2.43. The number of aromatic nitrogens is 1. The van der Waals surface area contributed by atoms with E-state index in [9.17, 15) is 4.79 Å². The molecule has 0 atom stereocenters. The van der Waals surface area contributed by atoms with Gasteiger partial charge in [-0.05, 0) is 31.2 Å². The smallest absolute Gasteiger partial charge is 0.268 e. The largest absolute Gasteiger partial charge is 0.351 e. The first kappa shape index (κ1) is 12.5. The van der Waals surface area contributed by atoms with Gasteiger partial charge in [-0.1, -0.05) is 36.4 Å². The maximum absolute atomic E-state index is 12.3. The molecule has 3 rings (SSSR count). The highest BCUT2D eigenvalue weighted by Gasteiger charge is 2.15. The summed E-state index contributed by atoms with van der Waals surface area (Å²) in [4.78, 5) is 12.3. The molecule has 0 unspecified atom stereocenters. The van der Waals surface area contributed by atoms with Crippen LogP contribution in [0.25, 0.3) is 16.6 Å². The van der Waals surface area contributed by atoms with Crippen LogP contribution in [0.15, 0.2) is 60.7 Å². The van der Waals surface area contributed by atoms with Crippen LogP contribution in [0.5, 0.6) is 0 Å². The highest BCUT2D eigenvalue weighted by atomic mass is 16.1. The van der Waals surface area contributed by atoms with E-state index >= 15 is 0 Å². The predicted octanol–water partition coefficient (Wildman–Crippen LogP) is 3.38. The number of nitrogens with zero attached hydrogens (tertiary/aromatic N) is 1. The number of hydrogen-bond donors (Lipinski definition) is 1. The van der Waals surface area contributed by atoms with Gasteiger partial charge in [-0.3, -0.25) is 4.79 Å². The average Bonchev–Trinajstić information content (AvgIpc) is 2.88. The van der Waals surface area contributed by atoms with Gasteiger partial charge in [-0.15, -0.1) is 0 Å². The van der Waals surface area contributed by atoms with Crippen LogP contribution in [0.1, 0.15) is 17.4 Å². The monoisotopic (exact) mass is 264 g/mol. The summed E-state index contributed by atoms with van der Waals surface area (Å²) in [5.41, 5.74) is 2.70. The third-order valence-corrected chi connectivity index (χ3v) is 3.30. The summed E-state index contributed by atoms with van der Waals surface area (Å²) in [5, 5.41) is 3.94. The number of nitrogens with one attached hydrogen (secondary N) is 1. The number of hydrogen-bond acceptors (Lipinski definition) is 1. The fourth-order valence-corrected chi connectivity index (χ4v) is 2.43. The zero-order valence-electron chi connectivity index (χ0n) is 11.3. The second kappa shape index (κ2) is 5.21. The number of carbonyl (C=O) groups excluding carboxylic acids is 1. The van der Waals surface area contributed by atoms with Gasteiger partial charge >= 0.3 is 0 Å². The zero-order chi connectivity index (χ0) is 13.9. The Balaban J connectivity index is 2.26. The van der Waals surface area contributed by atoms with Gasteiger partial charge in [0.15, 0.2) is 0 Å². The number of fused-ring (bicyclic) bond motifs is 1. The maximum Gasteiger partial charge on any atom is 0.268 e. The van der Waals surface area contributed by atoms with Crippen molar-refractivity contribution in [2.75, 3.05) is 6.54 Å². The molecule has 100 valence electrons. The minimum absolute atomic E-state index is 0.0486. The normalized spacial score (nSPS) is 10.7. The van der Waals surface area contributed by atoms with Crippen molar-refractivity contribution in [1.29, 1.82) is 0 Å². The first-order chi connectivity index (χ1) is 9.81. The van der Waals surface area contributed by atoms with Crippen molar-refractivity contribution in [1.82, 2.24) is 9.88 Å². The summed E-state index contributed by atoms with van der Waals surface area (Å²) in [6.45, 7) is 2.54. The van der Waals surface area contributed by atoms with Crippen LogP contribution < -0.4 is 5.32 Å². The molecule has 0 radical (unpaired) electrons. The number of rotatable bonds is 3. The van der Waals surface area contributed by atoms with Crippen molar-refractivity contribution < 1.29 is 4.79 Å². The lowest BCUT2D eigenvalue weighted by molar-refractivity contribution is 0.0949. The van der Waals surface area contributed by atoms with Crippen LogP contribution >= 0.6 is 0 Å². The van der Waals surface area contributed by atoms with Gasteiger partial charge in [0.2, 0.25) is 0 Å². The molecule has 0 bridgehead atoms. The minimum atomic E-state index is -0.0486. The summed E-state index contributed by atoms with van der Waals surface area (Å²) in [6, 6.07) is 19.9. The molecule has 0 aliphatic carbocycles. The topological polar surface area (TPSA) is 34.0 Å². The van der Waals surface area contributed by atoms with Gasteiger partial charge in [0, 0.05) is 17.6 Å². The Kier molecular flexibility index (Phi) is 3.25. The van der Waals surface area contributed by atoms with Crippen LogP contribution in [-0.4, -0.2) is 17.0 Å². The molecule has 1 amide bonds. The molecule has 3 heteroatoms. The molecule has 0 spiro atoms. The molecular formula is C17H16N2O. The fraction of sp³-hybridized carbons (Fsp3) is 0.118. The van der Waals surface area contributed by atoms with Crippen LogP contribution in [0, 0.1) is 0 Å². The summed E-state index contributed by atoms with van der Waals surface area (Å²) < 4.78 is 2.00. The van der Waals surface area contributed by atoms with Gasteiger partial charge in [0.1, 0.15) is 5.69 Å². The van der Waals surface area contributed by atoms with Gasteiger partial charge in [0.25, 0.3) is 5.91 Å². The molecule has 1 aromatic heterocycles. The third-order valence-electron chi connectivity index (χ3n) is 3.30. The molecule has 1 N–H and O–H groups in total. The standard InChI is InChI=1S/C17H16N2O/c1-2-18-17(20)16-12-13-8-6-7-11-15(13)19(16)14-9-4-3-5-10-14/h3-12H,2H2,1H3,(H,18,20). The summed E-state index contributed by atoms with van der Waals surface area (Å²) in [6.07, 6.45) is 0. The molecule has 0 aliphatic heterocycles. The second-order valence-corrected chi connectivity index (χ2v) is 4.62. The van der Waals surface area contributed by atoms with E-state index in [4.69, 9.17) is 0 Å². The lowest BCUT2D eigenvalue weighted by atomic mass is 10.2. The van der Waals surface area contributed by atoms with Crippen molar-refractivity contribution in [3.8, 4) is 5.69 Å². The van der Waals surface area contributed by atoms with Crippen molar-refractivity contribution in [2.45, 2.75) is 6.92 Å². The molecule has 1 heterocycles. The molecule has 3 aromatic rings. The summed E-state index contributed by atoms with van der Waals surface area (Å²) >= 11 is 0. The SMILES string of the molecule is CCNC(=O)c1cc2ccccc2n1-c1ccccc1. The van der Waals surface area contributed by atoms with Crippen molar-refractivity contribution in [3.05, 3.63) is 66.4 Å². The summed E-state index contributed by atoms with van der Waals surface area (Å²) in [7, 11) is 0. The first-order valence-corrected chi connectivity index (χ1v) is 6.75. The zero-order valence-corrected chi connectivity index (χ0v) is 11.3. The van der Waals surface area contributed by atoms with E-state index in [1.807, 2.05) is 72.2 Å². The van der Waals surface area contributed by atoms with E-state index in [-0.39, 0.29) is 5.91 Å². The first-order valence-electron chi connectivity index (χ1n) is 6.75.